The lowest BCUT2D eigenvalue weighted by atomic mass is 10.1. The maximum atomic E-state index is 12.2. The Hall–Kier alpha value is -3.41. The summed E-state index contributed by atoms with van der Waals surface area (Å²) in [4.78, 5) is 23.6. The molecule has 1 N–H and O–H groups in total. The minimum absolute atomic E-state index is 0.123. The van der Waals surface area contributed by atoms with Crippen molar-refractivity contribution in [1.82, 2.24) is 5.32 Å². The molecule has 140 valence electrons. The number of carbonyl (C=O) groups is 1. The largest absolute Gasteiger partial charge is 0.457 e. The van der Waals surface area contributed by atoms with Gasteiger partial charge in [-0.15, -0.1) is 11.3 Å². The lowest BCUT2D eigenvalue weighted by molar-refractivity contribution is -0.384. The Morgan fingerprint density at radius 3 is 2.86 bits per heavy atom. The normalized spacial score (nSPS) is 11.1. The van der Waals surface area contributed by atoms with Crippen LogP contribution in [0.4, 0.5) is 5.69 Å². The van der Waals surface area contributed by atoms with Crippen molar-refractivity contribution in [3.63, 3.8) is 0 Å². The van der Waals surface area contributed by atoms with E-state index in [-0.39, 0.29) is 27.8 Å². The third-order valence-corrected chi connectivity index (χ3v) is 4.91. The van der Waals surface area contributed by atoms with Gasteiger partial charge < -0.3 is 9.73 Å². The highest BCUT2D eigenvalue weighted by Crippen LogP contribution is 2.33. The fourth-order valence-corrected chi connectivity index (χ4v) is 3.21. The molecule has 9 heteroatoms. The number of non-ortho nitro benzene ring substituents is 1. The van der Waals surface area contributed by atoms with Gasteiger partial charge in [-0.1, -0.05) is 17.7 Å². The molecule has 0 atom stereocenters. The van der Waals surface area contributed by atoms with Crippen LogP contribution in [0.5, 0.6) is 0 Å². The van der Waals surface area contributed by atoms with Crippen LogP contribution in [0.3, 0.4) is 0 Å². The van der Waals surface area contributed by atoms with E-state index in [4.69, 9.17) is 16.0 Å². The van der Waals surface area contributed by atoms with E-state index in [0.717, 1.165) is 4.88 Å². The molecule has 0 unspecified atom stereocenters. The van der Waals surface area contributed by atoms with Gasteiger partial charge in [0.2, 0.25) is 0 Å². The van der Waals surface area contributed by atoms with Crippen LogP contribution in [-0.2, 0) is 11.3 Å². The standard InChI is InChI=1S/C19H12ClN3O4S/c20-17-5-3-13(23(25)26)9-16(17)18-6-4-14(27-18)8-12(10-21)19(24)22-11-15-2-1-7-28-15/h1-9H,11H2,(H,22,24)/b12-8+. The summed E-state index contributed by atoms with van der Waals surface area (Å²) in [5, 5.41) is 25.1. The predicted octanol–water partition coefficient (Wildman–Crippen LogP) is 4.79. The molecule has 2 heterocycles. The number of rotatable bonds is 6. The number of carbonyl (C=O) groups excluding carboxylic acids is 1. The van der Waals surface area contributed by atoms with Crippen molar-refractivity contribution < 1.29 is 14.1 Å². The fraction of sp³-hybridized carbons (Fsp3) is 0.0526. The van der Waals surface area contributed by atoms with E-state index in [9.17, 15) is 20.2 Å². The highest BCUT2D eigenvalue weighted by atomic mass is 35.5. The number of thiophene rings is 1. The Balaban J connectivity index is 1.80. The second-order valence-corrected chi connectivity index (χ2v) is 6.99. The Bertz CT molecular complexity index is 1100. The first kappa shape index (κ1) is 19.4. The van der Waals surface area contributed by atoms with Crippen molar-refractivity contribution >= 4 is 40.6 Å². The Kier molecular flexibility index (Phi) is 5.89. The van der Waals surface area contributed by atoms with Gasteiger partial charge in [0, 0.05) is 28.6 Å². The summed E-state index contributed by atoms with van der Waals surface area (Å²) in [7, 11) is 0. The molecule has 0 aliphatic heterocycles. The topological polar surface area (TPSA) is 109 Å². The van der Waals surface area contributed by atoms with Crippen molar-refractivity contribution in [2.24, 2.45) is 0 Å². The molecule has 3 aromatic rings. The van der Waals surface area contributed by atoms with Crippen LogP contribution in [0.25, 0.3) is 17.4 Å². The van der Waals surface area contributed by atoms with Gasteiger partial charge in [0.05, 0.1) is 16.5 Å². The van der Waals surface area contributed by atoms with Gasteiger partial charge in [0.1, 0.15) is 23.2 Å². The molecule has 0 radical (unpaired) electrons. The van der Waals surface area contributed by atoms with Crippen LogP contribution in [0, 0.1) is 21.4 Å². The zero-order valence-corrected chi connectivity index (χ0v) is 15.8. The summed E-state index contributed by atoms with van der Waals surface area (Å²) in [5.74, 6) is 0.0128. The van der Waals surface area contributed by atoms with Gasteiger partial charge in [-0.2, -0.15) is 5.26 Å². The van der Waals surface area contributed by atoms with Gasteiger partial charge in [0.25, 0.3) is 11.6 Å². The van der Waals surface area contributed by atoms with Gasteiger partial charge >= 0.3 is 0 Å². The lowest BCUT2D eigenvalue weighted by Gasteiger charge is -2.02. The summed E-state index contributed by atoms with van der Waals surface area (Å²) >= 11 is 7.60. The van der Waals surface area contributed by atoms with Crippen molar-refractivity contribution in [2.75, 3.05) is 0 Å². The summed E-state index contributed by atoms with van der Waals surface area (Å²) in [6, 6.07) is 12.7. The molecule has 0 bridgehead atoms. The molecule has 2 aromatic heterocycles. The van der Waals surface area contributed by atoms with Crippen LogP contribution in [0.15, 0.2) is 57.8 Å². The summed E-state index contributed by atoms with van der Waals surface area (Å²) in [6.07, 6.45) is 1.30. The Morgan fingerprint density at radius 2 is 2.18 bits per heavy atom. The molecule has 0 aliphatic carbocycles. The molecule has 3 rings (SSSR count). The number of amides is 1. The average Bonchev–Trinajstić information content (AvgIpc) is 3.36. The molecule has 1 amide bonds. The molecule has 28 heavy (non-hydrogen) atoms. The second kappa shape index (κ2) is 8.52. The molecule has 0 spiro atoms. The molecule has 0 fully saturated rings. The average molecular weight is 414 g/mol. The van der Waals surface area contributed by atoms with E-state index >= 15 is 0 Å². The van der Waals surface area contributed by atoms with Gasteiger partial charge in [-0.25, -0.2) is 0 Å². The number of benzene rings is 1. The highest BCUT2D eigenvalue weighted by Gasteiger charge is 2.15. The summed E-state index contributed by atoms with van der Waals surface area (Å²) < 4.78 is 5.61. The number of hydrogen-bond acceptors (Lipinski definition) is 6. The minimum atomic E-state index is -0.532. The number of furan rings is 1. The number of halogens is 1. The van der Waals surface area contributed by atoms with Crippen LogP contribution in [0.1, 0.15) is 10.6 Å². The van der Waals surface area contributed by atoms with E-state index in [0.29, 0.717) is 12.1 Å². The number of nitriles is 1. The quantitative estimate of drug-likeness (QED) is 0.270. The summed E-state index contributed by atoms with van der Waals surface area (Å²) in [6.45, 7) is 0.322. The van der Waals surface area contributed by atoms with Crippen molar-refractivity contribution in [2.45, 2.75) is 6.54 Å². The molecular formula is C19H12ClN3O4S. The zero-order valence-electron chi connectivity index (χ0n) is 14.2. The van der Waals surface area contributed by atoms with E-state index in [1.54, 1.807) is 12.1 Å². The van der Waals surface area contributed by atoms with Crippen molar-refractivity contribution in [1.29, 1.82) is 5.26 Å². The van der Waals surface area contributed by atoms with Crippen LogP contribution >= 0.6 is 22.9 Å². The Labute approximate surface area is 168 Å². The third kappa shape index (κ3) is 4.46. The number of nitrogens with zero attached hydrogens (tertiary/aromatic N) is 2. The molecule has 0 aliphatic rings. The number of nitrogens with one attached hydrogen (secondary N) is 1. The molecule has 1 aromatic carbocycles. The third-order valence-electron chi connectivity index (χ3n) is 3.71. The second-order valence-electron chi connectivity index (χ2n) is 5.56. The Morgan fingerprint density at radius 1 is 1.36 bits per heavy atom. The molecule has 0 saturated carbocycles. The SMILES string of the molecule is N#C/C(=C\c1ccc(-c2cc([N+](=O)[O-])ccc2Cl)o1)C(=O)NCc1cccs1. The van der Waals surface area contributed by atoms with Gasteiger partial charge in [-0.05, 0) is 29.6 Å². The number of nitro benzene ring substituents is 1. The van der Waals surface area contributed by atoms with Crippen LogP contribution < -0.4 is 5.32 Å². The van der Waals surface area contributed by atoms with Crippen molar-refractivity contribution in [3.8, 4) is 17.4 Å². The van der Waals surface area contributed by atoms with E-state index in [2.05, 4.69) is 5.32 Å². The minimum Gasteiger partial charge on any atom is -0.457 e. The van der Waals surface area contributed by atoms with Gasteiger partial charge in [-0.3, -0.25) is 14.9 Å². The molecule has 0 saturated heterocycles. The van der Waals surface area contributed by atoms with Crippen molar-refractivity contribution in [3.05, 3.63) is 79.2 Å². The van der Waals surface area contributed by atoms with Crippen LogP contribution in [-0.4, -0.2) is 10.8 Å². The first-order valence-electron chi connectivity index (χ1n) is 7.94. The first-order valence-corrected chi connectivity index (χ1v) is 9.20. The number of nitro groups is 1. The van der Waals surface area contributed by atoms with Gasteiger partial charge in [0.15, 0.2) is 0 Å². The van der Waals surface area contributed by atoms with Crippen LogP contribution in [0.2, 0.25) is 5.02 Å². The highest BCUT2D eigenvalue weighted by molar-refractivity contribution is 7.09. The smallest absolute Gasteiger partial charge is 0.270 e. The van der Waals surface area contributed by atoms with E-state index < -0.39 is 10.8 Å². The van der Waals surface area contributed by atoms with E-state index in [1.165, 1.54) is 35.6 Å². The maximum Gasteiger partial charge on any atom is 0.270 e. The molecular weight excluding hydrogens is 402 g/mol. The van der Waals surface area contributed by atoms with E-state index in [1.807, 2.05) is 23.6 Å². The predicted molar refractivity (Wildman–Crippen MR) is 106 cm³/mol. The summed E-state index contributed by atoms with van der Waals surface area (Å²) in [5.41, 5.74) is 0.0947. The monoisotopic (exact) mass is 413 g/mol. The fourth-order valence-electron chi connectivity index (χ4n) is 2.36. The zero-order chi connectivity index (χ0) is 20.1. The molecule has 7 nitrogen and oxygen atoms in total. The number of hydrogen-bond donors (Lipinski definition) is 1. The lowest BCUT2D eigenvalue weighted by Crippen LogP contribution is -2.23. The first-order chi connectivity index (χ1) is 13.5. The maximum absolute atomic E-state index is 12.2.